The van der Waals surface area contributed by atoms with Crippen molar-refractivity contribution in [3.05, 3.63) is 69.2 Å². The number of imide groups is 1. The molecule has 0 spiro atoms. The molecule has 0 bridgehead atoms. The summed E-state index contributed by atoms with van der Waals surface area (Å²) in [5, 5.41) is 2.86. The van der Waals surface area contributed by atoms with Gasteiger partial charge in [0.2, 0.25) is 5.60 Å². The maximum Gasteiger partial charge on any atom is 0.435 e. The van der Waals surface area contributed by atoms with Crippen LogP contribution in [-0.4, -0.2) is 47.6 Å². The summed E-state index contributed by atoms with van der Waals surface area (Å²) >= 11 is 5.69. The van der Waals surface area contributed by atoms with E-state index in [1.165, 1.54) is 13.0 Å². The van der Waals surface area contributed by atoms with Gasteiger partial charge in [-0.15, -0.1) is 0 Å². The molecule has 2 aliphatic rings. The highest BCUT2D eigenvalue weighted by Crippen LogP contribution is 2.53. The SMILES string of the molecule is Cc1cc(C2=NOC(c3cc(Cl)cc(C(F)(F)F)c3)(C(F)(F)F)C2)ccc1C(=O)N(C)C(=O)OC1(C(F)(F)F)CC1. The number of carbonyl (C=O) groups excluding carboxylic acids is 2. The molecule has 16 heteroatoms. The number of carbonyl (C=O) groups is 2. The quantitative estimate of drug-likeness (QED) is 0.333. The average molecular weight is 617 g/mol. The predicted molar refractivity (Wildman–Crippen MR) is 124 cm³/mol. The summed E-state index contributed by atoms with van der Waals surface area (Å²) in [6.45, 7) is 1.34. The molecule has 4 rings (SSSR count). The monoisotopic (exact) mass is 616 g/mol. The number of alkyl halides is 9. The number of halogens is 10. The van der Waals surface area contributed by atoms with Crippen LogP contribution in [0.4, 0.5) is 44.3 Å². The van der Waals surface area contributed by atoms with Gasteiger partial charge in [-0.25, -0.2) is 9.69 Å². The summed E-state index contributed by atoms with van der Waals surface area (Å²) in [6.07, 6.45) is -18.6. The van der Waals surface area contributed by atoms with Gasteiger partial charge in [0.15, 0.2) is 0 Å². The van der Waals surface area contributed by atoms with Crippen molar-refractivity contribution >= 4 is 29.3 Å². The minimum atomic E-state index is -5.24. The van der Waals surface area contributed by atoms with E-state index in [2.05, 4.69) is 9.89 Å². The van der Waals surface area contributed by atoms with Crippen LogP contribution >= 0.6 is 11.6 Å². The highest BCUT2D eigenvalue weighted by atomic mass is 35.5. The van der Waals surface area contributed by atoms with E-state index < -0.39 is 77.1 Å². The second-order valence-electron chi connectivity index (χ2n) is 9.61. The molecule has 0 N–H and O–H groups in total. The first-order chi connectivity index (χ1) is 18.7. The highest BCUT2D eigenvalue weighted by molar-refractivity contribution is 6.30. The molecule has 2 aromatic carbocycles. The van der Waals surface area contributed by atoms with E-state index in [1.54, 1.807) is 0 Å². The molecule has 1 atom stereocenters. The van der Waals surface area contributed by atoms with Gasteiger partial charge in [-0.05, 0) is 48.4 Å². The fourth-order valence-corrected chi connectivity index (χ4v) is 4.42. The summed E-state index contributed by atoms with van der Waals surface area (Å²) in [7, 11) is 0.900. The van der Waals surface area contributed by atoms with E-state index >= 15 is 0 Å². The molecule has 1 aliphatic carbocycles. The normalized spacial score (nSPS) is 20.2. The summed E-state index contributed by atoms with van der Waals surface area (Å²) in [5.74, 6) is -1.05. The van der Waals surface area contributed by atoms with E-state index in [-0.39, 0.29) is 28.5 Å². The van der Waals surface area contributed by atoms with Crippen molar-refractivity contribution in [2.24, 2.45) is 5.16 Å². The van der Waals surface area contributed by atoms with Crippen LogP contribution in [0.1, 0.15) is 51.9 Å². The Labute approximate surface area is 230 Å². The number of amides is 2. The molecule has 1 heterocycles. The molecule has 0 radical (unpaired) electrons. The molecular formula is C25H18ClF9N2O4. The van der Waals surface area contributed by atoms with Gasteiger partial charge in [0.1, 0.15) is 0 Å². The molecule has 6 nitrogen and oxygen atoms in total. The van der Waals surface area contributed by atoms with E-state index in [0.29, 0.717) is 17.0 Å². The Balaban J connectivity index is 1.58. The van der Waals surface area contributed by atoms with E-state index in [4.69, 9.17) is 16.4 Å². The first kappa shape index (κ1) is 30.5. The van der Waals surface area contributed by atoms with Gasteiger partial charge < -0.3 is 9.57 Å². The van der Waals surface area contributed by atoms with Crippen LogP contribution < -0.4 is 0 Å². The summed E-state index contributed by atoms with van der Waals surface area (Å²) in [5.41, 5.74) is -8.74. The number of ether oxygens (including phenoxy) is 1. The Hall–Kier alpha value is -3.49. The molecule has 0 aromatic heterocycles. The lowest BCUT2D eigenvalue weighted by Gasteiger charge is -2.30. The molecule has 2 amide bonds. The fourth-order valence-electron chi connectivity index (χ4n) is 4.18. The van der Waals surface area contributed by atoms with Crippen molar-refractivity contribution in [3.8, 4) is 0 Å². The predicted octanol–water partition coefficient (Wildman–Crippen LogP) is 7.55. The molecule has 1 unspecified atom stereocenters. The van der Waals surface area contributed by atoms with Gasteiger partial charge in [0.05, 0.1) is 11.3 Å². The number of rotatable bonds is 4. The maximum absolute atomic E-state index is 14.3. The van der Waals surface area contributed by atoms with Gasteiger partial charge in [-0.3, -0.25) is 4.79 Å². The zero-order valence-corrected chi connectivity index (χ0v) is 21.6. The zero-order valence-electron chi connectivity index (χ0n) is 20.9. The van der Waals surface area contributed by atoms with Gasteiger partial charge in [-0.2, -0.15) is 39.5 Å². The van der Waals surface area contributed by atoms with Crippen LogP contribution in [0.2, 0.25) is 5.02 Å². The number of hydrogen-bond donors (Lipinski definition) is 0. The molecule has 1 aliphatic heterocycles. The first-order valence-corrected chi connectivity index (χ1v) is 12.0. The van der Waals surface area contributed by atoms with Crippen LogP contribution in [0.25, 0.3) is 0 Å². The highest BCUT2D eigenvalue weighted by Gasteiger charge is 2.67. The molecule has 1 saturated carbocycles. The minimum absolute atomic E-state index is 0.00230. The van der Waals surface area contributed by atoms with Crippen LogP contribution in [0.5, 0.6) is 0 Å². The lowest BCUT2D eigenvalue weighted by Crippen LogP contribution is -2.43. The first-order valence-electron chi connectivity index (χ1n) is 11.6. The number of benzene rings is 2. The third kappa shape index (κ3) is 5.55. The van der Waals surface area contributed by atoms with E-state index in [1.807, 2.05) is 0 Å². The van der Waals surface area contributed by atoms with Crippen molar-refractivity contribution in [2.75, 3.05) is 7.05 Å². The molecule has 1 fully saturated rings. The fraction of sp³-hybridized carbons (Fsp3) is 0.400. The lowest BCUT2D eigenvalue weighted by atomic mass is 9.85. The molecule has 2 aromatic rings. The number of aryl methyl sites for hydroxylation is 1. The average Bonchev–Trinajstić information content (AvgIpc) is 3.49. The van der Waals surface area contributed by atoms with Gasteiger partial charge in [0, 0.05) is 42.5 Å². The minimum Gasteiger partial charge on any atom is -0.433 e. The maximum atomic E-state index is 14.3. The second kappa shape index (κ2) is 9.81. The smallest absolute Gasteiger partial charge is 0.433 e. The molecular weight excluding hydrogens is 599 g/mol. The Bertz CT molecular complexity index is 1430. The molecule has 0 saturated heterocycles. The van der Waals surface area contributed by atoms with Crippen molar-refractivity contribution in [2.45, 2.75) is 55.9 Å². The van der Waals surface area contributed by atoms with Crippen molar-refractivity contribution in [3.63, 3.8) is 0 Å². The van der Waals surface area contributed by atoms with Crippen molar-refractivity contribution in [1.29, 1.82) is 0 Å². The Morgan fingerprint density at radius 3 is 2.12 bits per heavy atom. The third-order valence-electron chi connectivity index (χ3n) is 6.75. The van der Waals surface area contributed by atoms with Crippen LogP contribution in [0.3, 0.4) is 0 Å². The summed E-state index contributed by atoms with van der Waals surface area (Å²) in [6, 6.07) is 4.87. The Morgan fingerprint density at radius 2 is 1.61 bits per heavy atom. The second-order valence-corrected chi connectivity index (χ2v) is 10.0. The zero-order chi connectivity index (χ0) is 30.8. The van der Waals surface area contributed by atoms with Gasteiger partial charge in [-0.1, -0.05) is 22.8 Å². The summed E-state index contributed by atoms with van der Waals surface area (Å²) < 4.78 is 126. The van der Waals surface area contributed by atoms with Gasteiger partial charge >= 0.3 is 24.6 Å². The Morgan fingerprint density at radius 1 is 0.976 bits per heavy atom. The van der Waals surface area contributed by atoms with Crippen LogP contribution in [0, 0.1) is 6.92 Å². The number of nitrogens with zero attached hydrogens (tertiary/aromatic N) is 2. The largest absolute Gasteiger partial charge is 0.435 e. The molecule has 222 valence electrons. The Kier molecular flexibility index (Phi) is 7.29. The van der Waals surface area contributed by atoms with E-state index in [9.17, 15) is 49.1 Å². The lowest BCUT2D eigenvalue weighted by molar-refractivity contribution is -0.276. The number of oxime groups is 1. The summed E-state index contributed by atoms with van der Waals surface area (Å²) in [4.78, 5) is 30.1. The van der Waals surface area contributed by atoms with Crippen molar-refractivity contribution in [1.82, 2.24) is 4.90 Å². The van der Waals surface area contributed by atoms with Crippen LogP contribution in [-0.2, 0) is 21.4 Å². The molecule has 41 heavy (non-hydrogen) atoms. The third-order valence-corrected chi connectivity index (χ3v) is 6.97. The van der Waals surface area contributed by atoms with Gasteiger partial charge in [0.25, 0.3) is 11.5 Å². The van der Waals surface area contributed by atoms with Crippen LogP contribution in [0.15, 0.2) is 41.6 Å². The number of hydrogen-bond acceptors (Lipinski definition) is 5. The standard InChI is InChI=1S/C25H18ClF9N2O4/c1-12-7-13(3-4-17(12)19(38)37(2)20(39)40-21(5-6-21)24(30,31)32)18-11-22(41-36-18,25(33,34)35)14-8-15(23(27,28)29)10-16(26)9-14/h3-4,7-10H,5-6,11H2,1-2H3. The topological polar surface area (TPSA) is 68.2 Å². The van der Waals surface area contributed by atoms with Crippen molar-refractivity contribution < 1.29 is 58.7 Å². The van der Waals surface area contributed by atoms with E-state index in [0.717, 1.165) is 19.2 Å².